The number of ether oxygens (including phenoxy) is 2. The molecule has 0 spiro atoms. The second-order valence-corrected chi connectivity index (χ2v) is 3.78. The van der Waals surface area contributed by atoms with Gasteiger partial charge in [0.15, 0.2) is 0 Å². The Morgan fingerprint density at radius 3 is 2.55 bits per heavy atom. The first-order chi connectivity index (χ1) is 10.5. The van der Waals surface area contributed by atoms with Gasteiger partial charge >= 0.3 is 11.9 Å². The Morgan fingerprint density at radius 1 is 1.32 bits per heavy atom. The van der Waals surface area contributed by atoms with E-state index in [9.17, 15) is 14.4 Å². The highest BCUT2D eigenvalue weighted by Gasteiger charge is 2.24. The minimum Gasteiger partial charge on any atom is -0.469 e. The smallest absolute Gasteiger partial charge is 0.362 e. The van der Waals surface area contributed by atoms with Crippen LogP contribution in [0.15, 0.2) is 23.4 Å². The number of hydrazone groups is 1. The SMILES string of the molecule is COC(=O)CC(=O)/C(=N\Nc1ccc(C#N)nc1)C(=O)OC. The zero-order valence-electron chi connectivity index (χ0n) is 11.8. The minimum absolute atomic E-state index is 0.199. The standard InChI is InChI=1S/C13H12N4O5/c1-21-11(19)5-10(18)12(13(20)22-2)17-16-9-4-3-8(6-14)15-7-9/h3-4,7,16H,5H2,1-2H3/b17-12+. The molecule has 0 bridgehead atoms. The number of nitrogens with one attached hydrogen (secondary N) is 1. The van der Waals surface area contributed by atoms with Gasteiger partial charge in [-0.15, -0.1) is 0 Å². The number of hydrogen-bond acceptors (Lipinski definition) is 9. The summed E-state index contributed by atoms with van der Waals surface area (Å²) in [5.74, 6) is -2.66. The second kappa shape index (κ2) is 8.11. The van der Waals surface area contributed by atoms with Gasteiger partial charge in [0.05, 0.1) is 26.1 Å². The molecular weight excluding hydrogens is 292 g/mol. The van der Waals surface area contributed by atoms with Crippen LogP contribution in [0.4, 0.5) is 5.69 Å². The van der Waals surface area contributed by atoms with E-state index in [1.165, 1.54) is 18.3 Å². The van der Waals surface area contributed by atoms with Crippen LogP contribution >= 0.6 is 0 Å². The number of rotatable bonds is 6. The van der Waals surface area contributed by atoms with E-state index in [-0.39, 0.29) is 5.69 Å². The number of carbonyl (C=O) groups excluding carboxylic acids is 3. The third-order valence-electron chi connectivity index (χ3n) is 2.35. The normalized spacial score (nSPS) is 10.3. The molecule has 1 aromatic rings. The van der Waals surface area contributed by atoms with Gasteiger partial charge in [-0.1, -0.05) is 0 Å². The van der Waals surface area contributed by atoms with Crippen LogP contribution in [-0.4, -0.2) is 42.6 Å². The molecule has 1 N–H and O–H groups in total. The lowest BCUT2D eigenvalue weighted by Gasteiger charge is -2.04. The van der Waals surface area contributed by atoms with Crippen molar-refractivity contribution in [2.45, 2.75) is 6.42 Å². The summed E-state index contributed by atoms with van der Waals surface area (Å²) < 4.78 is 8.78. The highest BCUT2D eigenvalue weighted by molar-refractivity contribution is 6.65. The van der Waals surface area contributed by atoms with E-state index in [1.807, 2.05) is 6.07 Å². The van der Waals surface area contributed by atoms with Gasteiger partial charge < -0.3 is 9.47 Å². The lowest BCUT2D eigenvalue weighted by atomic mass is 10.2. The topological polar surface area (TPSA) is 131 Å². The van der Waals surface area contributed by atoms with Crippen LogP contribution in [-0.2, 0) is 23.9 Å². The van der Waals surface area contributed by atoms with Crippen LogP contribution in [0.1, 0.15) is 12.1 Å². The minimum atomic E-state index is -0.997. The molecule has 0 aliphatic carbocycles. The van der Waals surface area contributed by atoms with Gasteiger partial charge in [0.1, 0.15) is 18.2 Å². The summed E-state index contributed by atoms with van der Waals surface area (Å²) in [6.45, 7) is 0. The van der Waals surface area contributed by atoms with E-state index in [1.54, 1.807) is 0 Å². The lowest BCUT2D eigenvalue weighted by molar-refractivity contribution is -0.142. The van der Waals surface area contributed by atoms with E-state index in [0.717, 1.165) is 14.2 Å². The predicted octanol–water partition coefficient (Wildman–Crippen LogP) is 0.0264. The van der Waals surface area contributed by atoms with Crippen molar-refractivity contribution < 1.29 is 23.9 Å². The van der Waals surface area contributed by atoms with Gasteiger partial charge in [-0.05, 0) is 12.1 Å². The van der Waals surface area contributed by atoms with Gasteiger partial charge in [0, 0.05) is 0 Å². The number of nitrogens with zero attached hydrogens (tertiary/aromatic N) is 3. The average Bonchev–Trinajstić information content (AvgIpc) is 2.55. The zero-order chi connectivity index (χ0) is 16.5. The monoisotopic (exact) mass is 304 g/mol. The molecule has 0 amide bonds. The number of carbonyl (C=O) groups is 3. The molecule has 0 atom stereocenters. The molecule has 0 unspecified atom stereocenters. The fourth-order valence-corrected chi connectivity index (χ4v) is 1.25. The third-order valence-corrected chi connectivity index (χ3v) is 2.35. The first-order valence-electron chi connectivity index (χ1n) is 5.90. The van der Waals surface area contributed by atoms with Gasteiger partial charge in [0.25, 0.3) is 0 Å². The summed E-state index contributed by atoms with van der Waals surface area (Å²) in [4.78, 5) is 38.2. The molecule has 0 aromatic carbocycles. The van der Waals surface area contributed by atoms with Crippen molar-refractivity contribution in [2.75, 3.05) is 19.6 Å². The quantitative estimate of drug-likeness (QED) is 0.337. The summed E-state index contributed by atoms with van der Waals surface area (Å²) in [6, 6.07) is 4.74. The Balaban J connectivity index is 2.91. The Bertz CT molecular complexity index is 645. The Kier molecular flexibility index (Phi) is 6.18. The Labute approximate surface area is 125 Å². The first kappa shape index (κ1) is 16.8. The highest BCUT2D eigenvalue weighted by atomic mass is 16.5. The molecule has 22 heavy (non-hydrogen) atoms. The first-order valence-corrected chi connectivity index (χ1v) is 5.90. The zero-order valence-corrected chi connectivity index (χ0v) is 11.8. The van der Waals surface area contributed by atoms with Crippen molar-refractivity contribution >= 4 is 29.1 Å². The molecule has 0 fully saturated rings. The summed E-state index contributed by atoms with van der Waals surface area (Å²) in [5.41, 5.74) is 2.38. The molecule has 0 aliphatic rings. The van der Waals surface area contributed by atoms with E-state index >= 15 is 0 Å². The van der Waals surface area contributed by atoms with Crippen LogP contribution in [0.3, 0.4) is 0 Å². The molecule has 9 heteroatoms. The largest absolute Gasteiger partial charge is 0.469 e. The molecule has 0 saturated carbocycles. The van der Waals surface area contributed by atoms with Crippen molar-refractivity contribution in [3.63, 3.8) is 0 Å². The van der Waals surface area contributed by atoms with Gasteiger partial charge in [0.2, 0.25) is 11.5 Å². The fraction of sp³-hybridized carbons (Fsp3) is 0.231. The van der Waals surface area contributed by atoms with Crippen molar-refractivity contribution in [1.82, 2.24) is 4.98 Å². The van der Waals surface area contributed by atoms with E-state index < -0.39 is 29.9 Å². The number of nitriles is 1. The number of hydrogen-bond donors (Lipinski definition) is 1. The van der Waals surface area contributed by atoms with Crippen LogP contribution < -0.4 is 5.43 Å². The molecule has 1 rings (SSSR count). The lowest BCUT2D eigenvalue weighted by Crippen LogP contribution is -2.28. The van der Waals surface area contributed by atoms with Gasteiger partial charge in [-0.2, -0.15) is 10.4 Å². The van der Waals surface area contributed by atoms with Crippen LogP contribution in [0.5, 0.6) is 0 Å². The fourth-order valence-electron chi connectivity index (χ4n) is 1.25. The molecule has 9 nitrogen and oxygen atoms in total. The summed E-state index contributed by atoms with van der Waals surface area (Å²) in [5, 5.41) is 12.2. The van der Waals surface area contributed by atoms with Gasteiger partial charge in [-0.25, -0.2) is 9.78 Å². The van der Waals surface area contributed by atoms with E-state index in [2.05, 4.69) is 25.0 Å². The molecule has 114 valence electrons. The number of esters is 2. The second-order valence-electron chi connectivity index (χ2n) is 3.78. The van der Waals surface area contributed by atoms with Crippen molar-refractivity contribution in [1.29, 1.82) is 5.26 Å². The molecule has 0 aliphatic heterocycles. The Hall–Kier alpha value is -3.28. The van der Waals surface area contributed by atoms with E-state index in [4.69, 9.17) is 5.26 Å². The number of ketones is 1. The maximum absolute atomic E-state index is 11.8. The number of aromatic nitrogens is 1. The molecule has 1 heterocycles. The summed E-state index contributed by atoms with van der Waals surface area (Å²) in [7, 11) is 2.19. The van der Waals surface area contributed by atoms with Crippen molar-refractivity contribution in [3.8, 4) is 6.07 Å². The van der Waals surface area contributed by atoms with Crippen LogP contribution in [0, 0.1) is 11.3 Å². The highest BCUT2D eigenvalue weighted by Crippen LogP contribution is 2.06. The molecule has 0 radical (unpaired) electrons. The van der Waals surface area contributed by atoms with Crippen LogP contribution in [0.25, 0.3) is 0 Å². The summed E-state index contributed by atoms with van der Waals surface area (Å²) >= 11 is 0. The molecular formula is C13H12N4O5. The maximum Gasteiger partial charge on any atom is 0.362 e. The number of pyridine rings is 1. The average molecular weight is 304 g/mol. The van der Waals surface area contributed by atoms with E-state index in [0.29, 0.717) is 5.69 Å². The molecule has 1 aromatic heterocycles. The van der Waals surface area contributed by atoms with Gasteiger partial charge in [-0.3, -0.25) is 15.0 Å². The van der Waals surface area contributed by atoms with Crippen LogP contribution in [0.2, 0.25) is 0 Å². The molecule has 0 saturated heterocycles. The maximum atomic E-state index is 11.8. The van der Waals surface area contributed by atoms with Crippen molar-refractivity contribution in [3.05, 3.63) is 24.0 Å². The number of anilines is 1. The number of Topliss-reactive ketones (excluding diaryl/α,β-unsaturated/α-hetero) is 1. The van der Waals surface area contributed by atoms with Crippen molar-refractivity contribution in [2.24, 2.45) is 5.10 Å². The third kappa shape index (κ3) is 4.68. The Morgan fingerprint density at radius 2 is 2.05 bits per heavy atom. The predicted molar refractivity (Wildman–Crippen MR) is 73.7 cm³/mol. The number of methoxy groups -OCH3 is 2. The summed E-state index contributed by atoms with van der Waals surface area (Å²) in [6.07, 6.45) is 0.652.